The number of amides is 4. The van der Waals surface area contributed by atoms with Gasteiger partial charge in [0.1, 0.15) is 6.54 Å². The number of carbonyl (C=O) groups excluding carboxylic acids is 3. The van der Waals surface area contributed by atoms with Crippen molar-refractivity contribution in [1.82, 2.24) is 4.90 Å². The number of imide groups is 1. The molecule has 4 unspecified atom stereocenters. The number of nitrogens with zero attached hydrogens (tertiary/aromatic N) is 2. The minimum Gasteiger partial charge on any atom is -0.363 e. The number of carbonyl (C=O) groups is 3. The third-order valence-corrected chi connectivity index (χ3v) is 7.08. The van der Waals surface area contributed by atoms with Gasteiger partial charge in [-0.2, -0.15) is 0 Å². The summed E-state index contributed by atoms with van der Waals surface area (Å²) in [6, 6.07) is 13.9. The zero-order chi connectivity index (χ0) is 23.1. The van der Waals surface area contributed by atoms with Crippen LogP contribution in [-0.2, 0) is 14.3 Å². The van der Waals surface area contributed by atoms with Gasteiger partial charge in [0.05, 0.1) is 17.8 Å². The number of para-hydroxylation sites is 1. The van der Waals surface area contributed by atoms with Crippen molar-refractivity contribution in [3.63, 3.8) is 0 Å². The van der Waals surface area contributed by atoms with Gasteiger partial charge in [-0.05, 0) is 56.0 Å². The van der Waals surface area contributed by atoms with Gasteiger partial charge in [0.15, 0.2) is 6.10 Å². The highest BCUT2D eigenvalue weighted by Crippen LogP contribution is 2.43. The van der Waals surface area contributed by atoms with Crippen molar-refractivity contribution in [3.05, 3.63) is 59.7 Å². The number of nitrogens with one attached hydrogen (secondary N) is 1. The van der Waals surface area contributed by atoms with E-state index in [9.17, 15) is 14.4 Å². The SMILES string of the molecule is Cc1ccc(C)c(NC(=O)CN2C(=O)N(c3ccccc3)C(=O)C3OC4CCCCC4C32)c1. The van der Waals surface area contributed by atoms with E-state index in [0.717, 1.165) is 42.5 Å². The molecule has 7 heteroatoms. The largest absolute Gasteiger partial charge is 0.363 e. The van der Waals surface area contributed by atoms with Crippen molar-refractivity contribution >= 4 is 29.2 Å². The molecule has 1 N–H and O–H groups in total. The molecule has 4 atom stereocenters. The average molecular weight is 448 g/mol. The Morgan fingerprint density at radius 3 is 2.61 bits per heavy atom. The van der Waals surface area contributed by atoms with Gasteiger partial charge in [0.25, 0.3) is 5.91 Å². The van der Waals surface area contributed by atoms with Gasteiger partial charge in [0, 0.05) is 11.6 Å². The van der Waals surface area contributed by atoms with Crippen molar-refractivity contribution in [3.8, 4) is 0 Å². The van der Waals surface area contributed by atoms with Crippen molar-refractivity contribution < 1.29 is 19.1 Å². The van der Waals surface area contributed by atoms with E-state index in [4.69, 9.17) is 4.74 Å². The number of urea groups is 1. The maximum Gasteiger partial charge on any atom is 0.332 e. The van der Waals surface area contributed by atoms with Crippen LogP contribution in [0.2, 0.25) is 0 Å². The van der Waals surface area contributed by atoms with Gasteiger partial charge < -0.3 is 15.0 Å². The van der Waals surface area contributed by atoms with Crippen LogP contribution in [0.25, 0.3) is 0 Å². The molecule has 3 aliphatic rings. The van der Waals surface area contributed by atoms with Gasteiger partial charge in [-0.25, -0.2) is 9.69 Å². The van der Waals surface area contributed by atoms with Crippen LogP contribution < -0.4 is 10.2 Å². The molecule has 0 bridgehead atoms. The Balaban J connectivity index is 1.46. The number of hydrogen-bond donors (Lipinski definition) is 1. The lowest BCUT2D eigenvalue weighted by Gasteiger charge is -2.42. The number of hydrogen-bond acceptors (Lipinski definition) is 4. The first-order valence-corrected chi connectivity index (χ1v) is 11.7. The summed E-state index contributed by atoms with van der Waals surface area (Å²) in [4.78, 5) is 42.9. The molecule has 33 heavy (non-hydrogen) atoms. The Morgan fingerprint density at radius 1 is 1.06 bits per heavy atom. The molecule has 172 valence electrons. The van der Waals surface area contributed by atoms with Crippen LogP contribution in [0.1, 0.15) is 36.8 Å². The molecule has 2 aliphatic heterocycles. The minimum absolute atomic E-state index is 0.0502. The third-order valence-electron chi connectivity index (χ3n) is 7.08. The summed E-state index contributed by atoms with van der Waals surface area (Å²) < 4.78 is 6.23. The number of anilines is 2. The molecule has 0 radical (unpaired) electrons. The molecule has 2 aromatic carbocycles. The van der Waals surface area contributed by atoms with E-state index in [2.05, 4.69) is 5.32 Å². The van der Waals surface area contributed by atoms with E-state index in [1.807, 2.05) is 38.1 Å². The molecule has 3 fully saturated rings. The van der Waals surface area contributed by atoms with Crippen molar-refractivity contribution in [2.24, 2.45) is 5.92 Å². The van der Waals surface area contributed by atoms with E-state index in [1.165, 1.54) is 4.90 Å². The first-order valence-electron chi connectivity index (χ1n) is 11.7. The number of fused-ring (bicyclic) bond motifs is 3. The van der Waals surface area contributed by atoms with E-state index in [1.54, 1.807) is 29.2 Å². The molecular weight excluding hydrogens is 418 g/mol. The number of ether oxygens (including phenoxy) is 1. The fraction of sp³-hybridized carbons (Fsp3) is 0.423. The van der Waals surface area contributed by atoms with Crippen LogP contribution in [0.3, 0.4) is 0 Å². The van der Waals surface area contributed by atoms with Gasteiger partial charge in [0.2, 0.25) is 5.91 Å². The molecule has 5 rings (SSSR count). The molecule has 2 saturated heterocycles. The summed E-state index contributed by atoms with van der Waals surface area (Å²) in [6.07, 6.45) is 3.08. The van der Waals surface area contributed by atoms with Crippen LogP contribution in [0.4, 0.5) is 16.2 Å². The lowest BCUT2D eigenvalue weighted by Crippen LogP contribution is -2.65. The summed E-state index contributed by atoms with van der Waals surface area (Å²) >= 11 is 0. The summed E-state index contributed by atoms with van der Waals surface area (Å²) in [5.74, 6) is -0.544. The zero-order valence-corrected chi connectivity index (χ0v) is 19.0. The second-order valence-electron chi connectivity index (χ2n) is 9.32. The van der Waals surface area contributed by atoms with Gasteiger partial charge in [-0.3, -0.25) is 9.59 Å². The smallest absolute Gasteiger partial charge is 0.332 e. The average Bonchev–Trinajstić information content (AvgIpc) is 3.20. The Bertz CT molecular complexity index is 1090. The van der Waals surface area contributed by atoms with E-state index >= 15 is 0 Å². The summed E-state index contributed by atoms with van der Waals surface area (Å²) in [6.45, 7) is 3.78. The Morgan fingerprint density at radius 2 is 1.82 bits per heavy atom. The highest BCUT2D eigenvalue weighted by atomic mass is 16.5. The normalized spacial score (nSPS) is 26.7. The molecule has 2 aromatic rings. The van der Waals surface area contributed by atoms with Crippen LogP contribution in [0.5, 0.6) is 0 Å². The second kappa shape index (κ2) is 8.63. The van der Waals surface area contributed by atoms with Crippen LogP contribution in [0.15, 0.2) is 48.5 Å². The monoisotopic (exact) mass is 447 g/mol. The summed E-state index contributed by atoms with van der Waals surface area (Å²) in [5.41, 5.74) is 3.22. The van der Waals surface area contributed by atoms with Crippen LogP contribution in [-0.4, -0.2) is 47.5 Å². The number of rotatable bonds is 4. The van der Waals surface area contributed by atoms with Gasteiger partial charge in [-0.15, -0.1) is 0 Å². The van der Waals surface area contributed by atoms with E-state index < -0.39 is 18.2 Å². The molecule has 4 amide bonds. The summed E-state index contributed by atoms with van der Waals surface area (Å²) in [5, 5.41) is 2.96. The molecule has 0 spiro atoms. The standard InChI is InChI=1S/C26H29N3O4/c1-16-12-13-17(2)20(14-16)27-22(30)15-28-23-19-10-6-7-11-21(19)33-24(23)25(31)29(26(28)32)18-8-4-3-5-9-18/h3-5,8-9,12-14,19,21,23-24H,6-7,10-11,15H2,1-2H3,(H,27,30). The Kier molecular flexibility index (Phi) is 5.66. The Hall–Kier alpha value is -3.19. The fourth-order valence-corrected chi connectivity index (χ4v) is 5.46. The van der Waals surface area contributed by atoms with E-state index in [0.29, 0.717) is 5.69 Å². The van der Waals surface area contributed by atoms with Crippen LogP contribution in [0, 0.1) is 19.8 Å². The van der Waals surface area contributed by atoms with Crippen molar-refractivity contribution in [2.75, 3.05) is 16.8 Å². The number of aryl methyl sites for hydroxylation is 2. The molecular formula is C26H29N3O4. The summed E-state index contributed by atoms with van der Waals surface area (Å²) in [7, 11) is 0. The van der Waals surface area contributed by atoms with Gasteiger partial charge in [-0.1, -0.05) is 43.2 Å². The highest BCUT2D eigenvalue weighted by molar-refractivity contribution is 6.18. The molecule has 1 saturated carbocycles. The third kappa shape index (κ3) is 3.91. The Labute approximate surface area is 193 Å². The lowest BCUT2D eigenvalue weighted by atomic mass is 9.81. The molecule has 2 heterocycles. The zero-order valence-electron chi connectivity index (χ0n) is 19.0. The second-order valence-corrected chi connectivity index (χ2v) is 9.32. The predicted molar refractivity (Wildman–Crippen MR) is 125 cm³/mol. The predicted octanol–water partition coefficient (Wildman–Crippen LogP) is 4.04. The fourth-order valence-electron chi connectivity index (χ4n) is 5.46. The maximum atomic E-state index is 13.7. The van der Waals surface area contributed by atoms with Crippen molar-refractivity contribution in [1.29, 1.82) is 0 Å². The van der Waals surface area contributed by atoms with Crippen LogP contribution >= 0.6 is 0 Å². The molecule has 7 nitrogen and oxygen atoms in total. The van der Waals surface area contributed by atoms with E-state index in [-0.39, 0.29) is 30.4 Å². The first kappa shape index (κ1) is 21.6. The van der Waals surface area contributed by atoms with Gasteiger partial charge >= 0.3 is 6.03 Å². The quantitative estimate of drug-likeness (QED) is 0.767. The molecule has 0 aromatic heterocycles. The number of benzene rings is 2. The first-order chi connectivity index (χ1) is 15.9. The maximum absolute atomic E-state index is 13.7. The highest BCUT2D eigenvalue weighted by Gasteiger charge is 2.58. The topological polar surface area (TPSA) is 79.0 Å². The van der Waals surface area contributed by atoms with Crippen molar-refractivity contribution in [2.45, 2.75) is 57.8 Å². The minimum atomic E-state index is -0.746. The lowest BCUT2D eigenvalue weighted by molar-refractivity contribution is -0.133. The molecule has 1 aliphatic carbocycles.